The highest BCUT2D eigenvalue weighted by Crippen LogP contribution is 2.44. The Kier molecular flexibility index (Phi) is 4.40. The van der Waals surface area contributed by atoms with Crippen LogP contribution in [0.25, 0.3) is 0 Å². The third-order valence-corrected chi connectivity index (χ3v) is 4.84. The van der Waals surface area contributed by atoms with Crippen LogP contribution in [-0.2, 0) is 33.2 Å². The molecule has 4 saturated heterocycles. The summed E-state index contributed by atoms with van der Waals surface area (Å²) < 4.78 is 41.7. The van der Waals surface area contributed by atoms with Gasteiger partial charge in [0.05, 0.1) is 6.61 Å². The number of ether oxygens (including phenoxy) is 7. The van der Waals surface area contributed by atoms with Gasteiger partial charge in [-0.2, -0.15) is 0 Å². The van der Waals surface area contributed by atoms with E-state index >= 15 is 0 Å². The zero-order chi connectivity index (χ0) is 16.9. The van der Waals surface area contributed by atoms with Crippen molar-refractivity contribution >= 4 is 0 Å². The molecule has 7 nitrogen and oxygen atoms in total. The molecule has 0 N–H and O–H groups in total. The summed E-state index contributed by atoms with van der Waals surface area (Å²) in [4.78, 5) is 0. The first-order valence-electron chi connectivity index (χ1n) is 8.93. The van der Waals surface area contributed by atoms with Gasteiger partial charge >= 0.3 is 0 Å². The average Bonchev–Trinajstić information content (AvgIpc) is 3.00. The van der Waals surface area contributed by atoms with Crippen molar-refractivity contribution < 1.29 is 33.2 Å². The SMILES string of the molecule is CC1(C)OC2OC(COC3CCCCO3)C3OC(C)(C)OC3C2O1. The second-order valence-corrected chi connectivity index (χ2v) is 7.84. The van der Waals surface area contributed by atoms with Gasteiger partial charge in [-0.25, -0.2) is 0 Å². The van der Waals surface area contributed by atoms with Crippen LogP contribution in [0.3, 0.4) is 0 Å². The standard InChI is InChI=1S/C17H28O7/c1-16(2)21-12-10(9-19-11-7-5-6-8-18-11)20-15-14(13(12)22-16)23-17(3,4)24-15/h10-15H,5-9H2,1-4H3. The molecule has 6 atom stereocenters. The topological polar surface area (TPSA) is 64.6 Å². The van der Waals surface area contributed by atoms with E-state index < -0.39 is 17.9 Å². The van der Waals surface area contributed by atoms with E-state index in [4.69, 9.17) is 33.2 Å². The molecule has 7 heteroatoms. The van der Waals surface area contributed by atoms with Gasteiger partial charge in [-0.05, 0) is 47.0 Å². The van der Waals surface area contributed by atoms with Gasteiger partial charge in [0.2, 0.25) is 0 Å². The Balaban J connectivity index is 1.45. The Morgan fingerprint density at radius 2 is 1.58 bits per heavy atom. The first kappa shape index (κ1) is 17.1. The van der Waals surface area contributed by atoms with Crippen LogP contribution in [0, 0.1) is 0 Å². The molecular weight excluding hydrogens is 316 g/mol. The van der Waals surface area contributed by atoms with Crippen LogP contribution in [0.1, 0.15) is 47.0 Å². The van der Waals surface area contributed by atoms with Crippen molar-refractivity contribution in [1.82, 2.24) is 0 Å². The maximum atomic E-state index is 6.11. The summed E-state index contributed by atoms with van der Waals surface area (Å²) in [6.07, 6.45) is 1.46. The van der Waals surface area contributed by atoms with Crippen LogP contribution >= 0.6 is 0 Å². The smallest absolute Gasteiger partial charge is 0.190 e. The molecule has 24 heavy (non-hydrogen) atoms. The van der Waals surface area contributed by atoms with E-state index in [1.54, 1.807) is 0 Å². The molecule has 4 heterocycles. The van der Waals surface area contributed by atoms with Crippen molar-refractivity contribution in [1.29, 1.82) is 0 Å². The molecule has 0 aromatic carbocycles. The lowest BCUT2D eigenvalue weighted by Gasteiger charge is -2.37. The second-order valence-electron chi connectivity index (χ2n) is 7.84. The monoisotopic (exact) mass is 344 g/mol. The maximum absolute atomic E-state index is 6.11. The zero-order valence-corrected chi connectivity index (χ0v) is 14.9. The van der Waals surface area contributed by atoms with Crippen molar-refractivity contribution in [3.8, 4) is 0 Å². The average molecular weight is 344 g/mol. The predicted molar refractivity (Wildman–Crippen MR) is 82.1 cm³/mol. The van der Waals surface area contributed by atoms with Gasteiger partial charge in [0, 0.05) is 6.61 Å². The minimum atomic E-state index is -0.696. The highest BCUT2D eigenvalue weighted by atomic mass is 16.9. The Labute approximate surface area is 142 Å². The maximum Gasteiger partial charge on any atom is 0.190 e. The van der Waals surface area contributed by atoms with Gasteiger partial charge in [0.1, 0.15) is 24.4 Å². The van der Waals surface area contributed by atoms with E-state index in [1.165, 1.54) is 0 Å². The molecule has 138 valence electrons. The van der Waals surface area contributed by atoms with Crippen molar-refractivity contribution in [3.05, 3.63) is 0 Å². The molecule has 0 aliphatic carbocycles. The van der Waals surface area contributed by atoms with Crippen molar-refractivity contribution in [3.63, 3.8) is 0 Å². The molecule has 0 aromatic rings. The molecule has 0 radical (unpaired) electrons. The van der Waals surface area contributed by atoms with Gasteiger partial charge < -0.3 is 33.2 Å². The third kappa shape index (κ3) is 3.35. The molecule has 4 fully saturated rings. The fourth-order valence-electron chi connectivity index (χ4n) is 3.87. The molecule has 6 unspecified atom stereocenters. The normalized spacial score (nSPS) is 46.5. The Bertz CT molecular complexity index is 460. The van der Waals surface area contributed by atoms with Crippen LogP contribution in [0.2, 0.25) is 0 Å². The number of fused-ring (bicyclic) bond motifs is 3. The summed E-state index contributed by atoms with van der Waals surface area (Å²) in [7, 11) is 0. The number of rotatable bonds is 3. The van der Waals surface area contributed by atoms with Crippen molar-refractivity contribution in [2.24, 2.45) is 0 Å². The van der Waals surface area contributed by atoms with Crippen molar-refractivity contribution in [2.75, 3.05) is 13.2 Å². The molecular formula is C17H28O7. The van der Waals surface area contributed by atoms with E-state index in [0.29, 0.717) is 6.61 Å². The van der Waals surface area contributed by atoms with Gasteiger partial charge in [-0.1, -0.05) is 0 Å². The van der Waals surface area contributed by atoms with E-state index in [0.717, 1.165) is 25.9 Å². The lowest BCUT2D eigenvalue weighted by molar-refractivity contribution is -0.259. The van der Waals surface area contributed by atoms with Gasteiger partial charge in [-0.3, -0.25) is 0 Å². The minimum Gasteiger partial charge on any atom is -0.353 e. The summed E-state index contributed by atoms with van der Waals surface area (Å²) in [6.45, 7) is 8.72. The summed E-state index contributed by atoms with van der Waals surface area (Å²) in [5, 5.41) is 0. The molecule has 0 amide bonds. The minimum absolute atomic E-state index is 0.161. The summed E-state index contributed by atoms with van der Waals surface area (Å²) in [5.74, 6) is -1.37. The van der Waals surface area contributed by atoms with E-state index in [1.807, 2.05) is 27.7 Å². The Morgan fingerprint density at radius 3 is 2.33 bits per heavy atom. The van der Waals surface area contributed by atoms with E-state index in [9.17, 15) is 0 Å². The first-order chi connectivity index (χ1) is 11.3. The van der Waals surface area contributed by atoms with Crippen LogP contribution in [0.5, 0.6) is 0 Å². The van der Waals surface area contributed by atoms with E-state index in [-0.39, 0.29) is 30.7 Å². The van der Waals surface area contributed by atoms with Gasteiger partial charge in [0.25, 0.3) is 0 Å². The van der Waals surface area contributed by atoms with Gasteiger partial charge in [0.15, 0.2) is 24.2 Å². The molecule has 4 aliphatic heterocycles. The van der Waals surface area contributed by atoms with E-state index in [2.05, 4.69) is 0 Å². The van der Waals surface area contributed by atoms with Crippen molar-refractivity contribution in [2.45, 2.75) is 95.5 Å². The van der Waals surface area contributed by atoms with Crippen LogP contribution in [0.15, 0.2) is 0 Å². The molecule has 0 aromatic heterocycles. The molecule has 0 saturated carbocycles. The number of hydrogen-bond donors (Lipinski definition) is 0. The quantitative estimate of drug-likeness (QED) is 0.775. The van der Waals surface area contributed by atoms with Crippen LogP contribution < -0.4 is 0 Å². The zero-order valence-electron chi connectivity index (χ0n) is 14.9. The molecule has 0 bridgehead atoms. The summed E-state index contributed by atoms with van der Waals surface area (Å²) >= 11 is 0. The fourth-order valence-corrected chi connectivity index (χ4v) is 3.87. The Morgan fingerprint density at radius 1 is 0.875 bits per heavy atom. The lowest BCUT2D eigenvalue weighted by Crippen LogP contribution is -2.56. The van der Waals surface area contributed by atoms with Gasteiger partial charge in [-0.15, -0.1) is 0 Å². The third-order valence-electron chi connectivity index (χ3n) is 4.84. The lowest BCUT2D eigenvalue weighted by atomic mass is 9.99. The highest BCUT2D eigenvalue weighted by molar-refractivity contribution is 5.00. The molecule has 0 spiro atoms. The largest absolute Gasteiger partial charge is 0.353 e. The summed E-state index contributed by atoms with van der Waals surface area (Å²) in [5.41, 5.74) is 0. The van der Waals surface area contributed by atoms with Crippen LogP contribution in [0.4, 0.5) is 0 Å². The predicted octanol–water partition coefficient (Wildman–Crippen LogP) is 1.93. The summed E-state index contributed by atoms with van der Waals surface area (Å²) in [6, 6.07) is 0. The molecule has 4 aliphatic rings. The highest BCUT2D eigenvalue weighted by Gasteiger charge is 2.60. The van der Waals surface area contributed by atoms with Crippen LogP contribution in [-0.4, -0.2) is 61.8 Å². The fraction of sp³-hybridized carbons (Fsp3) is 1.00. The number of hydrogen-bond acceptors (Lipinski definition) is 7. The molecule has 4 rings (SSSR count). The first-order valence-corrected chi connectivity index (χ1v) is 8.93. The second kappa shape index (κ2) is 6.16. The Hall–Kier alpha value is -0.280.